The first kappa shape index (κ1) is 24.0. The van der Waals surface area contributed by atoms with Crippen LogP contribution in [0.2, 0.25) is 0 Å². The summed E-state index contributed by atoms with van der Waals surface area (Å²) in [6, 6.07) is 19.6. The molecule has 3 aromatic rings. The largest absolute Gasteiger partial charge is 0.493 e. The molecule has 184 valence electrons. The monoisotopic (exact) mass is 501 g/mol. The third kappa shape index (κ3) is 5.11. The molecule has 1 heterocycles. The highest BCUT2D eigenvalue weighted by Gasteiger charge is 2.27. The Kier molecular flexibility index (Phi) is 6.74. The van der Waals surface area contributed by atoms with Crippen LogP contribution in [0.5, 0.6) is 5.75 Å². The average Bonchev–Trinajstić information content (AvgIpc) is 2.89. The van der Waals surface area contributed by atoms with Crippen molar-refractivity contribution in [3.05, 3.63) is 101 Å². The lowest BCUT2D eigenvalue weighted by molar-refractivity contribution is -0.115. The van der Waals surface area contributed by atoms with E-state index < -0.39 is 15.8 Å². The van der Waals surface area contributed by atoms with Crippen LogP contribution in [0.4, 0.5) is 5.69 Å². The average molecular weight is 502 g/mol. The first-order chi connectivity index (χ1) is 17.4. The summed E-state index contributed by atoms with van der Waals surface area (Å²) in [4.78, 5) is 26.0. The minimum atomic E-state index is -3.93. The maximum Gasteiger partial charge on any atom is 0.261 e. The molecule has 0 fully saturated rings. The lowest BCUT2D eigenvalue weighted by Crippen LogP contribution is -2.20. The van der Waals surface area contributed by atoms with Gasteiger partial charge in [-0.05, 0) is 79.1 Å². The summed E-state index contributed by atoms with van der Waals surface area (Å²) in [6.45, 7) is 0.660. The minimum Gasteiger partial charge on any atom is -0.493 e. The van der Waals surface area contributed by atoms with Crippen molar-refractivity contribution in [3.8, 4) is 5.75 Å². The number of ether oxygens (including phenoxy) is 1. The van der Waals surface area contributed by atoms with Crippen molar-refractivity contribution in [1.29, 1.82) is 0 Å². The van der Waals surface area contributed by atoms with Gasteiger partial charge in [0.2, 0.25) is 0 Å². The van der Waals surface area contributed by atoms with Gasteiger partial charge in [-0.2, -0.15) is 0 Å². The van der Waals surface area contributed by atoms with Crippen LogP contribution >= 0.6 is 0 Å². The van der Waals surface area contributed by atoms with Gasteiger partial charge in [0.15, 0.2) is 11.6 Å². The van der Waals surface area contributed by atoms with E-state index in [0.717, 1.165) is 36.1 Å². The Balaban J connectivity index is 1.29. The summed E-state index contributed by atoms with van der Waals surface area (Å²) in [7, 11) is -3.93. The number of benzene rings is 3. The fraction of sp³-hybridized carbons (Fsp3) is 0.241. The number of hydrogen-bond donors (Lipinski definition) is 1. The molecule has 1 N–H and O–H groups in total. The number of hydrogen-bond acceptors (Lipinski definition) is 5. The molecule has 1 aliphatic heterocycles. The Morgan fingerprint density at radius 1 is 0.972 bits per heavy atom. The maximum absolute atomic E-state index is 13.2. The highest BCUT2D eigenvalue weighted by atomic mass is 32.2. The maximum atomic E-state index is 13.2. The number of ketones is 2. The van der Waals surface area contributed by atoms with Gasteiger partial charge >= 0.3 is 0 Å². The van der Waals surface area contributed by atoms with E-state index in [1.165, 1.54) is 12.1 Å². The second-order valence-electron chi connectivity index (χ2n) is 9.11. The number of carbonyl (C=O) groups excluding carboxylic acids is 2. The zero-order valence-electron chi connectivity index (χ0n) is 19.8. The van der Waals surface area contributed by atoms with Crippen molar-refractivity contribution in [3.63, 3.8) is 0 Å². The summed E-state index contributed by atoms with van der Waals surface area (Å²) in [6.07, 6.45) is 5.46. The fourth-order valence-corrected chi connectivity index (χ4v) is 5.75. The van der Waals surface area contributed by atoms with Crippen LogP contribution in [-0.4, -0.2) is 26.6 Å². The molecule has 0 saturated carbocycles. The third-order valence-corrected chi connectivity index (χ3v) is 7.96. The van der Waals surface area contributed by atoms with E-state index in [4.69, 9.17) is 4.74 Å². The number of anilines is 1. The lowest BCUT2D eigenvalue weighted by Gasteiger charge is -2.19. The molecule has 0 bridgehead atoms. The van der Waals surface area contributed by atoms with Crippen LogP contribution in [-0.2, 0) is 34.1 Å². The fourth-order valence-electron chi connectivity index (χ4n) is 4.67. The topological polar surface area (TPSA) is 89.5 Å². The Hall–Kier alpha value is -3.71. The second kappa shape index (κ2) is 10.1. The number of carbonyl (C=O) groups is 2. The molecule has 0 amide bonds. The molecule has 5 rings (SSSR count). The summed E-state index contributed by atoms with van der Waals surface area (Å²) in [5.41, 5.74) is 3.68. The highest BCUT2D eigenvalue weighted by molar-refractivity contribution is 7.92. The predicted molar refractivity (Wildman–Crippen MR) is 138 cm³/mol. The molecule has 0 unspecified atom stereocenters. The van der Waals surface area contributed by atoms with Crippen molar-refractivity contribution in [2.75, 3.05) is 11.3 Å². The van der Waals surface area contributed by atoms with Gasteiger partial charge in [-0.1, -0.05) is 42.5 Å². The Morgan fingerprint density at radius 2 is 1.81 bits per heavy atom. The molecular weight excluding hydrogens is 474 g/mol. The zero-order valence-corrected chi connectivity index (χ0v) is 20.6. The van der Waals surface area contributed by atoms with E-state index in [0.29, 0.717) is 30.7 Å². The third-order valence-electron chi connectivity index (χ3n) is 6.58. The van der Waals surface area contributed by atoms with Crippen molar-refractivity contribution >= 4 is 27.3 Å². The van der Waals surface area contributed by atoms with Gasteiger partial charge in [0.05, 0.1) is 17.1 Å². The van der Waals surface area contributed by atoms with Crippen LogP contribution in [0.25, 0.3) is 0 Å². The van der Waals surface area contributed by atoms with Crippen molar-refractivity contribution in [2.45, 2.75) is 43.4 Å². The van der Waals surface area contributed by atoms with Gasteiger partial charge in [0.1, 0.15) is 5.75 Å². The van der Waals surface area contributed by atoms with Crippen molar-refractivity contribution in [2.24, 2.45) is 0 Å². The van der Waals surface area contributed by atoms with Gasteiger partial charge < -0.3 is 4.74 Å². The Bertz CT molecular complexity index is 1460. The van der Waals surface area contributed by atoms with Crippen LogP contribution in [0.15, 0.2) is 83.3 Å². The number of Topliss-reactive ketones (excluding diaryl/α,β-unsaturated/α-hetero) is 2. The Morgan fingerprint density at radius 3 is 2.64 bits per heavy atom. The predicted octanol–water partition coefficient (Wildman–Crippen LogP) is 5.07. The number of sulfonamides is 1. The lowest BCUT2D eigenvalue weighted by atomic mass is 9.87. The molecule has 0 radical (unpaired) electrons. The normalized spacial score (nSPS) is 14.8. The number of nitrogens with one attached hydrogen (secondary N) is 1. The smallest absolute Gasteiger partial charge is 0.261 e. The molecule has 36 heavy (non-hydrogen) atoms. The van der Waals surface area contributed by atoms with Crippen LogP contribution < -0.4 is 9.46 Å². The number of aryl methyl sites for hydroxylation is 2. The molecular formula is C29H27NO5S. The molecule has 0 saturated heterocycles. The van der Waals surface area contributed by atoms with Crippen molar-refractivity contribution in [1.82, 2.24) is 0 Å². The summed E-state index contributed by atoms with van der Waals surface area (Å²) in [5.74, 6) is 0.157. The molecule has 6 nitrogen and oxygen atoms in total. The van der Waals surface area contributed by atoms with Gasteiger partial charge in [-0.25, -0.2) is 8.42 Å². The molecule has 0 aromatic heterocycles. The quantitative estimate of drug-likeness (QED) is 0.435. The van der Waals surface area contributed by atoms with E-state index >= 15 is 0 Å². The van der Waals surface area contributed by atoms with Crippen LogP contribution in [0, 0.1) is 0 Å². The molecule has 2 aliphatic rings. The van der Waals surface area contributed by atoms with Crippen molar-refractivity contribution < 1.29 is 22.7 Å². The molecule has 0 spiro atoms. The SMILES string of the molecule is O=C(CCCc1ccccc1)C1=CCc2ccc(S(=O)(=O)Nc3ccc4c(c3)CCCO4)cc2C1=O. The zero-order chi connectivity index (χ0) is 25.1. The first-order valence-electron chi connectivity index (χ1n) is 12.1. The van der Waals surface area contributed by atoms with Gasteiger partial charge in [0.25, 0.3) is 10.0 Å². The van der Waals surface area contributed by atoms with E-state index in [1.54, 1.807) is 30.3 Å². The summed E-state index contributed by atoms with van der Waals surface area (Å²) >= 11 is 0. The number of fused-ring (bicyclic) bond motifs is 2. The molecule has 0 atom stereocenters. The van der Waals surface area contributed by atoms with Crippen LogP contribution in [0.3, 0.4) is 0 Å². The first-order valence-corrected chi connectivity index (χ1v) is 13.6. The molecule has 7 heteroatoms. The Labute approximate surface area is 211 Å². The standard InChI is InChI=1S/C29H27NO5S/c31-27(10-4-8-20-6-2-1-3-7-20)25-15-12-21-11-14-24(19-26(21)29(25)32)36(33,34)30-23-13-16-28-22(18-23)9-5-17-35-28/h1-3,6-7,11,13-16,18-19,30H,4-5,8-10,12,17H2. The van der Waals surface area contributed by atoms with E-state index in [1.807, 2.05) is 30.3 Å². The van der Waals surface area contributed by atoms with Gasteiger partial charge in [-0.15, -0.1) is 0 Å². The van der Waals surface area contributed by atoms with E-state index in [-0.39, 0.29) is 28.2 Å². The van der Waals surface area contributed by atoms with Crippen LogP contribution in [0.1, 0.15) is 46.3 Å². The molecule has 3 aromatic carbocycles. The second-order valence-corrected chi connectivity index (χ2v) is 10.8. The summed E-state index contributed by atoms with van der Waals surface area (Å²) in [5, 5.41) is 0. The summed E-state index contributed by atoms with van der Waals surface area (Å²) < 4.78 is 34.4. The highest BCUT2D eigenvalue weighted by Crippen LogP contribution is 2.30. The number of allylic oxidation sites excluding steroid dienone is 2. The van der Waals surface area contributed by atoms with Gasteiger partial charge in [0, 0.05) is 17.7 Å². The number of rotatable bonds is 8. The van der Waals surface area contributed by atoms with E-state index in [9.17, 15) is 18.0 Å². The molecule has 1 aliphatic carbocycles. The van der Waals surface area contributed by atoms with Gasteiger partial charge in [-0.3, -0.25) is 14.3 Å². The minimum absolute atomic E-state index is 0.0126. The van der Waals surface area contributed by atoms with E-state index in [2.05, 4.69) is 4.72 Å².